The number of non-ortho nitro benzene ring substituents is 1. The third-order valence-corrected chi connectivity index (χ3v) is 4.33. The topological polar surface area (TPSA) is 128 Å². The molecule has 9 nitrogen and oxygen atoms in total. The second-order valence-corrected chi connectivity index (χ2v) is 6.45. The number of nitrogens with zero attached hydrogens (tertiary/aromatic N) is 1. The number of rotatable bonds is 7. The fourth-order valence-electron chi connectivity index (χ4n) is 1.89. The lowest BCUT2D eigenvalue weighted by atomic mass is 10.2. The predicted molar refractivity (Wildman–Crippen MR) is 88.5 cm³/mol. The minimum Gasteiger partial charge on any atom is -0.494 e. The number of nitrogens with one attached hydrogen (secondary N) is 2. The molecule has 0 heterocycles. The maximum atomic E-state index is 12.1. The molecule has 0 aliphatic carbocycles. The van der Waals surface area contributed by atoms with Crippen molar-refractivity contribution < 1.29 is 22.9 Å². The van der Waals surface area contributed by atoms with Crippen LogP contribution >= 0.6 is 0 Å². The van der Waals surface area contributed by atoms with E-state index in [-0.39, 0.29) is 16.1 Å². The number of hydrogen-bond donors (Lipinski definition) is 2. The highest BCUT2D eigenvalue weighted by Gasteiger charge is 2.17. The zero-order valence-electron chi connectivity index (χ0n) is 13.1. The zero-order valence-corrected chi connectivity index (χ0v) is 13.9. The summed E-state index contributed by atoms with van der Waals surface area (Å²) in [6, 6.07) is 10.5. The van der Waals surface area contributed by atoms with Gasteiger partial charge in [0.2, 0.25) is 0 Å². The normalized spacial score (nSPS) is 10.9. The molecule has 1 amide bonds. The third kappa shape index (κ3) is 4.75. The smallest absolute Gasteiger partial charge is 0.270 e. The van der Waals surface area contributed by atoms with Gasteiger partial charge in [0.05, 0.1) is 16.4 Å². The van der Waals surface area contributed by atoms with Crippen molar-refractivity contribution >= 4 is 21.6 Å². The van der Waals surface area contributed by atoms with Crippen LogP contribution in [0.5, 0.6) is 5.75 Å². The van der Waals surface area contributed by atoms with Crippen molar-refractivity contribution in [3.05, 3.63) is 64.2 Å². The van der Waals surface area contributed by atoms with Gasteiger partial charge in [0, 0.05) is 17.7 Å². The summed E-state index contributed by atoms with van der Waals surface area (Å²) in [6.07, 6.45) is 0. The molecule has 0 saturated heterocycles. The predicted octanol–water partition coefficient (Wildman–Crippen LogP) is 1.62. The first-order valence-electron chi connectivity index (χ1n) is 7.13. The number of sulfonamides is 1. The van der Waals surface area contributed by atoms with E-state index >= 15 is 0 Å². The van der Waals surface area contributed by atoms with Crippen molar-refractivity contribution in [2.75, 3.05) is 6.61 Å². The molecule has 0 aliphatic heterocycles. The van der Waals surface area contributed by atoms with Gasteiger partial charge in [-0.1, -0.05) is 6.07 Å². The minimum atomic E-state index is -3.99. The molecular formula is C15H15N3O6S. The van der Waals surface area contributed by atoms with Crippen LogP contribution in [0.3, 0.4) is 0 Å². The number of nitro benzene ring substituents is 1. The Hall–Kier alpha value is -2.98. The average Bonchev–Trinajstić information content (AvgIpc) is 2.60. The van der Waals surface area contributed by atoms with Crippen molar-refractivity contribution in [3.63, 3.8) is 0 Å². The second kappa shape index (κ2) is 7.73. The molecule has 0 aliphatic rings. The molecule has 25 heavy (non-hydrogen) atoms. The minimum absolute atomic E-state index is 0.0522. The summed E-state index contributed by atoms with van der Waals surface area (Å²) in [6.45, 7) is 2.25. The molecule has 0 unspecified atom stereocenters. The van der Waals surface area contributed by atoms with Gasteiger partial charge in [0.15, 0.2) is 0 Å². The Labute approximate surface area is 143 Å². The van der Waals surface area contributed by atoms with E-state index in [0.717, 1.165) is 6.07 Å². The SMILES string of the molecule is CCOc1ccc(S(=O)(=O)NNC(=O)c2cccc([N+](=O)[O-])c2)cc1. The van der Waals surface area contributed by atoms with Crippen molar-refractivity contribution in [3.8, 4) is 5.75 Å². The van der Waals surface area contributed by atoms with Crippen LogP contribution in [-0.4, -0.2) is 25.9 Å². The zero-order chi connectivity index (χ0) is 18.4. The summed E-state index contributed by atoms with van der Waals surface area (Å²) in [7, 11) is -3.99. The number of hydrazine groups is 1. The van der Waals surface area contributed by atoms with E-state index in [1.54, 1.807) is 6.92 Å². The van der Waals surface area contributed by atoms with Crippen LogP contribution in [0.15, 0.2) is 53.4 Å². The summed E-state index contributed by atoms with van der Waals surface area (Å²) in [5, 5.41) is 10.7. The molecule has 0 radical (unpaired) electrons. The molecule has 0 bridgehead atoms. The first-order valence-corrected chi connectivity index (χ1v) is 8.61. The Kier molecular flexibility index (Phi) is 5.67. The van der Waals surface area contributed by atoms with Gasteiger partial charge in [-0.15, -0.1) is 4.83 Å². The fourth-order valence-corrected chi connectivity index (χ4v) is 2.73. The molecule has 0 fully saturated rings. The van der Waals surface area contributed by atoms with E-state index in [9.17, 15) is 23.3 Å². The van der Waals surface area contributed by atoms with E-state index < -0.39 is 20.9 Å². The van der Waals surface area contributed by atoms with Crippen LogP contribution in [0.4, 0.5) is 5.69 Å². The maximum absolute atomic E-state index is 12.1. The number of benzene rings is 2. The Balaban J connectivity index is 2.07. The molecule has 0 saturated carbocycles. The lowest BCUT2D eigenvalue weighted by Crippen LogP contribution is -2.41. The van der Waals surface area contributed by atoms with Crippen LogP contribution in [-0.2, 0) is 10.0 Å². The van der Waals surface area contributed by atoms with E-state index in [4.69, 9.17) is 4.74 Å². The highest BCUT2D eigenvalue weighted by Crippen LogP contribution is 2.16. The Morgan fingerprint density at radius 3 is 2.48 bits per heavy atom. The van der Waals surface area contributed by atoms with E-state index in [2.05, 4.69) is 0 Å². The largest absolute Gasteiger partial charge is 0.494 e. The van der Waals surface area contributed by atoms with E-state index in [1.165, 1.54) is 42.5 Å². The van der Waals surface area contributed by atoms with Crippen molar-refractivity contribution in [2.24, 2.45) is 0 Å². The number of carbonyl (C=O) groups excluding carboxylic acids is 1. The van der Waals surface area contributed by atoms with Crippen LogP contribution in [0, 0.1) is 10.1 Å². The van der Waals surface area contributed by atoms with Crippen LogP contribution < -0.4 is 15.0 Å². The number of nitro groups is 1. The Morgan fingerprint density at radius 2 is 1.88 bits per heavy atom. The summed E-state index contributed by atoms with van der Waals surface area (Å²) < 4.78 is 29.5. The number of amides is 1. The van der Waals surface area contributed by atoms with Gasteiger partial charge in [-0.05, 0) is 37.3 Å². The molecule has 2 rings (SSSR count). The first kappa shape index (κ1) is 18.4. The maximum Gasteiger partial charge on any atom is 0.270 e. The second-order valence-electron chi connectivity index (χ2n) is 4.77. The summed E-state index contributed by atoms with van der Waals surface area (Å²) in [4.78, 5) is 23.9. The van der Waals surface area contributed by atoms with Gasteiger partial charge in [-0.25, -0.2) is 8.42 Å². The van der Waals surface area contributed by atoms with Gasteiger partial charge < -0.3 is 4.74 Å². The van der Waals surface area contributed by atoms with Crippen molar-refractivity contribution in [1.82, 2.24) is 10.3 Å². The number of carbonyl (C=O) groups is 1. The molecular weight excluding hydrogens is 350 g/mol. The number of hydrogen-bond acceptors (Lipinski definition) is 6. The van der Waals surface area contributed by atoms with Crippen LogP contribution in [0.1, 0.15) is 17.3 Å². The van der Waals surface area contributed by atoms with Crippen LogP contribution in [0.25, 0.3) is 0 Å². The van der Waals surface area contributed by atoms with Crippen molar-refractivity contribution in [2.45, 2.75) is 11.8 Å². The Bertz CT molecular complexity index is 880. The highest BCUT2D eigenvalue weighted by molar-refractivity contribution is 7.89. The molecule has 2 aromatic rings. The van der Waals surface area contributed by atoms with Crippen molar-refractivity contribution in [1.29, 1.82) is 0 Å². The van der Waals surface area contributed by atoms with Gasteiger partial charge in [-0.2, -0.15) is 0 Å². The Morgan fingerprint density at radius 1 is 1.20 bits per heavy atom. The molecule has 2 N–H and O–H groups in total. The van der Waals surface area contributed by atoms with Crippen LogP contribution in [0.2, 0.25) is 0 Å². The number of ether oxygens (including phenoxy) is 1. The summed E-state index contributed by atoms with van der Waals surface area (Å²) in [5.74, 6) is -0.305. The molecule has 10 heteroatoms. The summed E-state index contributed by atoms with van der Waals surface area (Å²) in [5.41, 5.74) is 1.68. The highest BCUT2D eigenvalue weighted by atomic mass is 32.2. The molecule has 2 aromatic carbocycles. The first-order chi connectivity index (χ1) is 11.8. The summed E-state index contributed by atoms with van der Waals surface area (Å²) >= 11 is 0. The molecule has 0 atom stereocenters. The van der Waals surface area contributed by atoms with Gasteiger partial charge in [0.1, 0.15) is 5.75 Å². The van der Waals surface area contributed by atoms with Gasteiger partial charge in [0.25, 0.3) is 21.6 Å². The average molecular weight is 365 g/mol. The van der Waals surface area contributed by atoms with E-state index in [1.807, 2.05) is 10.3 Å². The fraction of sp³-hybridized carbons (Fsp3) is 0.133. The monoisotopic (exact) mass is 365 g/mol. The quantitative estimate of drug-likeness (QED) is 0.567. The molecule has 132 valence electrons. The van der Waals surface area contributed by atoms with Gasteiger partial charge in [-0.3, -0.25) is 20.3 Å². The molecule has 0 aromatic heterocycles. The lowest BCUT2D eigenvalue weighted by Gasteiger charge is -2.09. The van der Waals surface area contributed by atoms with E-state index in [0.29, 0.717) is 12.4 Å². The van der Waals surface area contributed by atoms with Gasteiger partial charge >= 0.3 is 0 Å². The molecule has 0 spiro atoms. The standard InChI is InChI=1S/C15H15N3O6S/c1-2-24-13-6-8-14(9-7-13)25(22,23)17-16-15(19)11-4-3-5-12(10-11)18(20)21/h3-10,17H,2H2,1H3,(H,16,19). The lowest BCUT2D eigenvalue weighted by molar-refractivity contribution is -0.384. The third-order valence-electron chi connectivity index (χ3n) is 3.06.